The Morgan fingerprint density at radius 2 is 1.83 bits per heavy atom. The van der Waals surface area contributed by atoms with Gasteiger partial charge in [-0.15, -0.1) is 0 Å². The number of halogens is 3. The molecule has 0 aliphatic carbocycles. The van der Waals surface area contributed by atoms with Crippen molar-refractivity contribution in [1.29, 1.82) is 0 Å². The average Bonchev–Trinajstić information content (AvgIpc) is 2.53. The lowest BCUT2D eigenvalue weighted by molar-refractivity contribution is -0.123. The van der Waals surface area contributed by atoms with Gasteiger partial charge in [0.1, 0.15) is 6.54 Å². The molecule has 23 heavy (non-hydrogen) atoms. The molecule has 1 amide bonds. The van der Waals surface area contributed by atoms with Crippen LogP contribution in [0.1, 0.15) is 28.8 Å². The van der Waals surface area contributed by atoms with Gasteiger partial charge in [-0.05, 0) is 49.5 Å². The first-order valence-corrected chi connectivity index (χ1v) is 7.64. The molecule has 1 aliphatic rings. The maximum absolute atomic E-state index is 12.1. The van der Waals surface area contributed by atoms with Crippen LogP contribution in [0.3, 0.4) is 0 Å². The van der Waals surface area contributed by atoms with Crippen molar-refractivity contribution in [2.45, 2.75) is 25.6 Å². The summed E-state index contributed by atoms with van der Waals surface area (Å²) in [7, 11) is 0. The topological polar surface area (TPSA) is 52.6 Å². The van der Waals surface area contributed by atoms with Crippen LogP contribution in [0.5, 0.6) is 0 Å². The maximum Gasteiger partial charge on any atom is 0.405 e. The van der Waals surface area contributed by atoms with E-state index < -0.39 is 18.6 Å². The molecule has 0 saturated carbocycles. The summed E-state index contributed by atoms with van der Waals surface area (Å²) in [6.45, 7) is 1.48. The Labute approximate surface area is 133 Å². The molecule has 2 N–H and O–H groups in total. The molecule has 0 bridgehead atoms. The summed E-state index contributed by atoms with van der Waals surface area (Å²) in [6, 6.07) is 6.62. The van der Waals surface area contributed by atoms with E-state index in [2.05, 4.69) is 4.90 Å². The zero-order valence-corrected chi connectivity index (χ0v) is 12.8. The van der Waals surface area contributed by atoms with Crippen molar-refractivity contribution in [1.82, 2.24) is 10.2 Å². The van der Waals surface area contributed by atoms with Crippen molar-refractivity contribution in [3.8, 4) is 0 Å². The van der Waals surface area contributed by atoms with Crippen molar-refractivity contribution in [3.05, 3.63) is 35.4 Å². The quantitative estimate of drug-likeness (QED) is 0.870. The zero-order chi connectivity index (χ0) is 16.9. The van der Waals surface area contributed by atoms with Crippen LogP contribution in [0, 0.1) is 5.92 Å². The number of benzene rings is 1. The highest BCUT2D eigenvalue weighted by atomic mass is 19.4. The van der Waals surface area contributed by atoms with Crippen molar-refractivity contribution in [2.75, 3.05) is 26.2 Å². The molecular formula is C16H21F3N2O2. The van der Waals surface area contributed by atoms with Gasteiger partial charge in [-0.3, -0.25) is 9.69 Å². The molecule has 0 spiro atoms. The molecular weight excluding hydrogens is 309 g/mol. The molecule has 1 aliphatic heterocycles. The van der Waals surface area contributed by atoms with E-state index in [0.717, 1.165) is 38.0 Å². The molecule has 2 rings (SSSR count). The van der Waals surface area contributed by atoms with Gasteiger partial charge in [-0.2, -0.15) is 13.2 Å². The highest BCUT2D eigenvalue weighted by Gasteiger charge is 2.27. The Bertz CT molecular complexity index is 509. The molecule has 0 unspecified atom stereocenters. The fourth-order valence-electron chi connectivity index (χ4n) is 2.63. The normalized spacial score (nSPS) is 17.2. The molecule has 0 aromatic heterocycles. The minimum absolute atomic E-state index is 0.219. The Morgan fingerprint density at radius 1 is 1.22 bits per heavy atom. The third-order valence-corrected chi connectivity index (χ3v) is 4.04. The number of aliphatic hydroxyl groups excluding tert-OH is 1. The Kier molecular flexibility index (Phi) is 6.01. The van der Waals surface area contributed by atoms with Gasteiger partial charge in [0.25, 0.3) is 5.91 Å². The smallest absolute Gasteiger partial charge is 0.396 e. The van der Waals surface area contributed by atoms with Crippen molar-refractivity contribution in [2.24, 2.45) is 5.92 Å². The van der Waals surface area contributed by atoms with E-state index >= 15 is 0 Å². The van der Waals surface area contributed by atoms with Crippen LogP contribution < -0.4 is 5.32 Å². The fourth-order valence-corrected chi connectivity index (χ4v) is 2.63. The molecule has 7 heteroatoms. The van der Waals surface area contributed by atoms with Crippen molar-refractivity contribution >= 4 is 5.91 Å². The summed E-state index contributed by atoms with van der Waals surface area (Å²) >= 11 is 0. The minimum atomic E-state index is -4.41. The number of aliphatic hydroxyl groups is 1. The monoisotopic (exact) mass is 330 g/mol. The summed E-state index contributed by atoms with van der Waals surface area (Å²) in [5.41, 5.74) is 1.23. The SMILES string of the molecule is O=C(NCC(F)(F)F)c1ccc(CN2CCC(CO)CC2)cc1. The minimum Gasteiger partial charge on any atom is -0.396 e. The number of nitrogens with one attached hydrogen (secondary N) is 1. The van der Waals surface area contributed by atoms with E-state index in [4.69, 9.17) is 5.11 Å². The first kappa shape index (κ1) is 17.7. The largest absolute Gasteiger partial charge is 0.405 e. The summed E-state index contributed by atoms with van der Waals surface area (Å²) < 4.78 is 36.2. The lowest BCUT2D eigenvalue weighted by atomic mass is 9.97. The van der Waals surface area contributed by atoms with Gasteiger partial charge in [-0.25, -0.2) is 0 Å². The fraction of sp³-hybridized carbons (Fsp3) is 0.562. The van der Waals surface area contributed by atoms with Gasteiger partial charge >= 0.3 is 6.18 Å². The van der Waals surface area contributed by atoms with Gasteiger partial charge < -0.3 is 10.4 Å². The lowest BCUT2D eigenvalue weighted by Gasteiger charge is -2.31. The number of piperidine rings is 1. The van der Waals surface area contributed by atoms with Gasteiger partial charge in [0, 0.05) is 18.7 Å². The Hall–Kier alpha value is -1.60. The molecule has 1 saturated heterocycles. The molecule has 1 fully saturated rings. The second-order valence-corrected chi connectivity index (χ2v) is 5.90. The van der Waals surface area contributed by atoms with Gasteiger partial charge in [0.2, 0.25) is 0 Å². The average molecular weight is 330 g/mol. The van der Waals surface area contributed by atoms with Crippen LogP contribution in [0.25, 0.3) is 0 Å². The predicted octanol–water partition coefficient (Wildman–Crippen LogP) is 2.18. The first-order chi connectivity index (χ1) is 10.9. The number of hydrogen-bond acceptors (Lipinski definition) is 3. The number of rotatable bonds is 5. The molecule has 0 radical (unpaired) electrons. The molecule has 0 atom stereocenters. The highest BCUT2D eigenvalue weighted by molar-refractivity contribution is 5.94. The molecule has 1 heterocycles. The van der Waals surface area contributed by atoms with Gasteiger partial charge in [0.05, 0.1) is 0 Å². The maximum atomic E-state index is 12.1. The summed E-state index contributed by atoms with van der Waals surface area (Å²) in [5, 5.41) is 11.0. The van der Waals surface area contributed by atoms with Crippen molar-refractivity contribution < 1.29 is 23.1 Å². The van der Waals surface area contributed by atoms with Crippen LogP contribution in [-0.2, 0) is 6.54 Å². The molecule has 1 aromatic rings. The molecule has 1 aromatic carbocycles. The third kappa shape index (κ3) is 5.84. The van der Waals surface area contributed by atoms with Crippen molar-refractivity contribution in [3.63, 3.8) is 0 Å². The highest BCUT2D eigenvalue weighted by Crippen LogP contribution is 2.18. The number of carbonyl (C=O) groups is 1. The Morgan fingerprint density at radius 3 is 2.35 bits per heavy atom. The van der Waals surface area contributed by atoms with Crippen LogP contribution in [0.4, 0.5) is 13.2 Å². The summed E-state index contributed by atoms with van der Waals surface area (Å²) in [4.78, 5) is 13.9. The number of amides is 1. The van der Waals surface area contributed by atoms with E-state index in [0.29, 0.717) is 5.92 Å². The number of alkyl halides is 3. The van der Waals surface area contributed by atoms with Crippen LogP contribution in [0.2, 0.25) is 0 Å². The van der Waals surface area contributed by atoms with E-state index in [1.807, 2.05) is 5.32 Å². The van der Waals surface area contributed by atoms with E-state index in [-0.39, 0.29) is 12.2 Å². The van der Waals surface area contributed by atoms with Crippen LogP contribution >= 0.6 is 0 Å². The number of hydrogen-bond donors (Lipinski definition) is 2. The lowest BCUT2D eigenvalue weighted by Crippen LogP contribution is -2.34. The van der Waals surface area contributed by atoms with E-state index in [9.17, 15) is 18.0 Å². The number of carbonyl (C=O) groups excluding carboxylic acids is 1. The summed E-state index contributed by atoms with van der Waals surface area (Å²) in [5.74, 6) is -0.344. The standard InChI is InChI=1S/C16H21F3N2O2/c17-16(18,19)11-20-15(23)14-3-1-12(2-4-14)9-21-7-5-13(10-22)6-8-21/h1-4,13,22H,5-11H2,(H,20,23). The zero-order valence-electron chi connectivity index (χ0n) is 12.8. The third-order valence-electron chi connectivity index (χ3n) is 4.04. The number of likely N-dealkylation sites (tertiary alicyclic amines) is 1. The molecule has 4 nitrogen and oxygen atoms in total. The van der Waals surface area contributed by atoms with E-state index in [1.54, 1.807) is 24.3 Å². The van der Waals surface area contributed by atoms with Crippen LogP contribution in [-0.4, -0.2) is 48.3 Å². The van der Waals surface area contributed by atoms with Crippen LogP contribution in [0.15, 0.2) is 24.3 Å². The second-order valence-electron chi connectivity index (χ2n) is 5.90. The van der Waals surface area contributed by atoms with Gasteiger partial charge in [-0.1, -0.05) is 12.1 Å². The Balaban J connectivity index is 1.84. The summed E-state index contributed by atoms with van der Waals surface area (Å²) in [6.07, 6.45) is -2.47. The van der Waals surface area contributed by atoms with Gasteiger partial charge in [0.15, 0.2) is 0 Å². The van der Waals surface area contributed by atoms with E-state index in [1.165, 1.54) is 0 Å². The second kappa shape index (κ2) is 7.79. The molecule has 128 valence electrons. The number of nitrogens with zero attached hydrogens (tertiary/aromatic N) is 1. The first-order valence-electron chi connectivity index (χ1n) is 7.64. The predicted molar refractivity (Wildman–Crippen MR) is 79.9 cm³/mol.